The highest BCUT2D eigenvalue weighted by atomic mass is 32.1. The number of benzene rings is 2. The summed E-state index contributed by atoms with van der Waals surface area (Å²) >= 11 is 1.04. The summed E-state index contributed by atoms with van der Waals surface area (Å²) < 4.78 is 27.3. The molecule has 1 aliphatic rings. The Bertz CT molecular complexity index is 1720. The standard InChI is InChI=1S/C36H40F2N4O7S/c1-21(2)16-27(41-35(49)36(19-24-8-3-4-9-26(24)42-36)20-25-13-15-50-31(25)34(47)48)33(46)40-28(18-29(37)38)32(45)39-14-12-23-7-5-6-22(17-23)10-11-30(43)44/h3-11,13,15,17,21,27-29,42H,12,14,16,18-20H2,1-2H3,(H,39,45)(H,40,46)(H,41,49)(H,43,44)(H,47,48)/b11-10+/t27-,28-,36?/m0/s1. The number of anilines is 1. The molecule has 1 aliphatic heterocycles. The first-order valence-corrected chi connectivity index (χ1v) is 17.0. The van der Waals surface area contributed by atoms with E-state index in [1.165, 1.54) is 6.08 Å². The van der Waals surface area contributed by atoms with Gasteiger partial charge in [0.1, 0.15) is 22.5 Å². The third-order valence-electron chi connectivity index (χ3n) is 8.21. The number of thiophene rings is 1. The first-order valence-electron chi connectivity index (χ1n) is 16.1. The van der Waals surface area contributed by atoms with Crippen LogP contribution in [0.4, 0.5) is 14.5 Å². The number of aliphatic carboxylic acids is 1. The topological polar surface area (TPSA) is 174 Å². The number of halogens is 2. The molecule has 0 spiro atoms. The molecule has 0 fully saturated rings. The Morgan fingerprint density at radius 3 is 2.38 bits per heavy atom. The Morgan fingerprint density at radius 1 is 0.960 bits per heavy atom. The highest BCUT2D eigenvalue weighted by molar-refractivity contribution is 7.12. The number of para-hydroxylation sites is 1. The average molecular weight is 711 g/mol. The van der Waals surface area contributed by atoms with E-state index in [0.717, 1.165) is 28.5 Å². The van der Waals surface area contributed by atoms with Crippen LogP contribution in [0.5, 0.6) is 0 Å². The van der Waals surface area contributed by atoms with Crippen LogP contribution in [-0.2, 0) is 38.4 Å². The highest BCUT2D eigenvalue weighted by Gasteiger charge is 2.46. The fourth-order valence-electron chi connectivity index (χ4n) is 5.89. The average Bonchev–Trinajstić information content (AvgIpc) is 3.68. The molecule has 3 atom stereocenters. The minimum atomic E-state index is -2.92. The van der Waals surface area contributed by atoms with E-state index >= 15 is 0 Å². The first-order chi connectivity index (χ1) is 23.8. The van der Waals surface area contributed by atoms with Crippen molar-refractivity contribution in [3.05, 3.63) is 93.2 Å². The molecule has 0 bridgehead atoms. The van der Waals surface area contributed by atoms with Crippen molar-refractivity contribution >= 4 is 52.8 Å². The van der Waals surface area contributed by atoms with Crippen LogP contribution in [0.1, 0.15) is 58.6 Å². The van der Waals surface area contributed by atoms with Gasteiger partial charge < -0.3 is 31.5 Å². The molecule has 14 heteroatoms. The number of alkyl halides is 2. The molecule has 3 aromatic rings. The van der Waals surface area contributed by atoms with E-state index in [0.29, 0.717) is 23.2 Å². The van der Waals surface area contributed by atoms with Crippen molar-refractivity contribution < 1.29 is 43.0 Å². The van der Waals surface area contributed by atoms with Crippen LogP contribution < -0.4 is 21.3 Å². The Hall–Kier alpha value is -5.11. The van der Waals surface area contributed by atoms with Crippen molar-refractivity contribution in [3.63, 3.8) is 0 Å². The number of carboxylic acid groups (broad SMARTS) is 2. The lowest BCUT2D eigenvalue weighted by Gasteiger charge is -2.32. The van der Waals surface area contributed by atoms with Crippen LogP contribution in [-0.4, -0.2) is 70.5 Å². The van der Waals surface area contributed by atoms with Crippen LogP contribution in [0.3, 0.4) is 0 Å². The quantitative estimate of drug-likeness (QED) is 0.111. The van der Waals surface area contributed by atoms with Gasteiger partial charge >= 0.3 is 11.9 Å². The molecule has 2 aromatic carbocycles. The Kier molecular flexibility index (Phi) is 12.8. The van der Waals surface area contributed by atoms with E-state index in [4.69, 9.17) is 5.11 Å². The normalized spacial score (nSPS) is 16.4. The summed E-state index contributed by atoms with van der Waals surface area (Å²) in [5.74, 6) is -4.54. The monoisotopic (exact) mass is 710 g/mol. The summed E-state index contributed by atoms with van der Waals surface area (Å²) in [4.78, 5) is 63.7. The third kappa shape index (κ3) is 10.2. The maximum atomic E-state index is 14.2. The van der Waals surface area contributed by atoms with Gasteiger partial charge in [-0.25, -0.2) is 18.4 Å². The van der Waals surface area contributed by atoms with E-state index in [9.17, 15) is 37.9 Å². The lowest BCUT2D eigenvalue weighted by molar-refractivity contribution is -0.134. The van der Waals surface area contributed by atoms with Crippen LogP contribution in [0.25, 0.3) is 6.08 Å². The fraction of sp³-hybridized carbons (Fsp3) is 0.361. The van der Waals surface area contributed by atoms with Gasteiger partial charge in [0.25, 0.3) is 0 Å². The molecule has 0 radical (unpaired) electrons. The van der Waals surface area contributed by atoms with Crippen molar-refractivity contribution in [2.75, 3.05) is 11.9 Å². The van der Waals surface area contributed by atoms with Crippen molar-refractivity contribution in [3.8, 4) is 0 Å². The molecular formula is C36H40F2N4O7S. The number of rotatable bonds is 17. The number of hydrogen-bond acceptors (Lipinski definition) is 7. The molecule has 0 saturated heterocycles. The second-order valence-electron chi connectivity index (χ2n) is 12.6. The van der Waals surface area contributed by atoms with Crippen molar-refractivity contribution in [2.45, 2.75) is 70.0 Å². The second-order valence-corrected chi connectivity index (χ2v) is 13.5. The van der Waals surface area contributed by atoms with Crippen LogP contribution in [0, 0.1) is 5.92 Å². The fourth-order valence-corrected chi connectivity index (χ4v) is 6.65. The first kappa shape index (κ1) is 37.7. The number of carbonyl (C=O) groups is 5. The summed E-state index contributed by atoms with van der Waals surface area (Å²) in [7, 11) is 0. The zero-order valence-corrected chi connectivity index (χ0v) is 28.4. The summed E-state index contributed by atoms with van der Waals surface area (Å²) in [5, 5.41) is 31.3. The van der Waals surface area contributed by atoms with Gasteiger partial charge in [-0.05, 0) is 64.6 Å². The van der Waals surface area contributed by atoms with Crippen molar-refractivity contribution in [2.24, 2.45) is 5.92 Å². The van der Waals surface area contributed by atoms with E-state index < -0.39 is 60.1 Å². The third-order valence-corrected chi connectivity index (χ3v) is 9.15. The van der Waals surface area contributed by atoms with Crippen LogP contribution >= 0.6 is 11.3 Å². The van der Waals surface area contributed by atoms with Crippen molar-refractivity contribution in [1.82, 2.24) is 16.0 Å². The highest BCUT2D eigenvalue weighted by Crippen LogP contribution is 2.36. The van der Waals surface area contributed by atoms with Gasteiger partial charge in [0.15, 0.2) is 0 Å². The number of amides is 3. The molecule has 2 heterocycles. The molecule has 3 amide bonds. The Balaban J connectivity index is 1.48. The van der Waals surface area contributed by atoms with Crippen LogP contribution in [0.15, 0.2) is 66.1 Å². The maximum absolute atomic E-state index is 14.2. The van der Waals surface area contributed by atoms with Gasteiger partial charge in [0, 0.05) is 37.6 Å². The SMILES string of the molecule is CC(C)C[C@H](NC(=O)C1(Cc2ccsc2C(=O)O)Cc2ccccc2N1)C(=O)N[C@@H](CC(F)F)C(=O)NCCc1cccc(/C=C/C(=O)O)c1. The van der Waals surface area contributed by atoms with E-state index in [1.807, 2.05) is 26.0 Å². The zero-order valence-electron chi connectivity index (χ0n) is 27.6. The molecule has 50 heavy (non-hydrogen) atoms. The number of nitrogens with one attached hydrogen (secondary N) is 4. The number of aromatic carboxylic acids is 1. The van der Waals surface area contributed by atoms with E-state index in [2.05, 4.69) is 21.3 Å². The van der Waals surface area contributed by atoms with Gasteiger partial charge in [0.2, 0.25) is 24.1 Å². The number of hydrogen-bond donors (Lipinski definition) is 6. The largest absolute Gasteiger partial charge is 0.478 e. The van der Waals surface area contributed by atoms with Gasteiger partial charge in [-0.1, -0.05) is 56.3 Å². The summed E-state index contributed by atoms with van der Waals surface area (Å²) in [6.07, 6.45) is -0.799. The smallest absolute Gasteiger partial charge is 0.346 e. The van der Waals surface area contributed by atoms with E-state index in [-0.39, 0.29) is 36.6 Å². The molecule has 4 rings (SSSR count). The molecule has 11 nitrogen and oxygen atoms in total. The van der Waals surface area contributed by atoms with Crippen LogP contribution in [0.2, 0.25) is 0 Å². The number of carbonyl (C=O) groups excluding carboxylic acids is 3. The maximum Gasteiger partial charge on any atom is 0.346 e. The zero-order chi connectivity index (χ0) is 36.4. The summed E-state index contributed by atoms with van der Waals surface area (Å²) in [6, 6.07) is 13.1. The summed E-state index contributed by atoms with van der Waals surface area (Å²) in [6.45, 7) is 3.71. The lowest BCUT2D eigenvalue weighted by Crippen LogP contribution is -2.60. The molecule has 266 valence electrons. The minimum Gasteiger partial charge on any atom is -0.478 e. The number of carboxylic acids is 2. The lowest BCUT2D eigenvalue weighted by atomic mass is 9.86. The Labute approximate surface area is 292 Å². The van der Waals surface area contributed by atoms with Gasteiger partial charge in [-0.2, -0.15) is 0 Å². The van der Waals surface area contributed by atoms with E-state index in [1.54, 1.807) is 47.8 Å². The predicted octanol–water partition coefficient (Wildman–Crippen LogP) is 4.52. The molecule has 6 N–H and O–H groups in total. The molecule has 0 aliphatic carbocycles. The molecule has 1 aromatic heterocycles. The summed E-state index contributed by atoms with van der Waals surface area (Å²) in [5.41, 5.74) is 2.01. The second kappa shape index (κ2) is 17.0. The molecule has 0 saturated carbocycles. The molecular weight excluding hydrogens is 670 g/mol. The van der Waals surface area contributed by atoms with Gasteiger partial charge in [0.05, 0.1) is 0 Å². The number of fused-ring (bicyclic) bond motifs is 1. The predicted molar refractivity (Wildman–Crippen MR) is 185 cm³/mol. The molecule has 1 unspecified atom stereocenters. The van der Waals surface area contributed by atoms with Crippen molar-refractivity contribution in [1.29, 1.82) is 0 Å². The minimum absolute atomic E-state index is 0.00380. The Morgan fingerprint density at radius 2 is 1.70 bits per heavy atom. The van der Waals surface area contributed by atoms with Gasteiger partial charge in [-0.15, -0.1) is 11.3 Å². The van der Waals surface area contributed by atoms with Gasteiger partial charge in [-0.3, -0.25) is 14.4 Å².